The average Bonchev–Trinajstić information content (AvgIpc) is 3.06. The number of hydrogen-bond donors (Lipinski definition) is 4. The van der Waals surface area contributed by atoms with Crippen molar-refractivity contribution < 1.29 is 20.1 Å². The van der Waals surface area contributed by atoms with Gasteiger partial charge in [-0.25, -0.2) is 4.68 Å². The average molecular weight is 556 g/mol. The number of benzene rings is 1. The van der Waals surface area contributed by atoms with Gasteiger partial charge in [-0.3, -0.25) is 9.59 Å². The highest BCUT2D eigenvalue weighted by Gasteiger charge is 2.49. The molecule has 1 unspecified atom stereocenters. The zero-order chi connectivity index (χ0) is 24.8. The number of carbonyl (C=O) groups excluding carboxylic acids is 1. The van der Waals surface area contributed by atoms with Gasteiger partial charge in [-0.2, -0.15) is 5.10 Å². The number of nitrogens with zero attached hydrogens (tertiary/aromatic N) is 3. The number of likely N-dealkylation sites (tertiary alicyclic amines) is 1. The van der Waals surface area contributed by atoms with E-state index in [-0.39, 0.29) is 48.8 Å². The van der Waals surface area contributed by atoms with Crippen LogP contribution >= 0.6 is 27.5 Å². The quantitative estimate of drug-likeness (QED) is 0.416. The molecule has 0 radical (unpaired) electrons. The van der Waals surface area contributed by atoms with E-state index in [2.05, 4.69) is 26.3 Å². The third-order valence-electron chi connectivity index (χ3n) is 6.77. The monoisotopic (exact) mass is 554 g/mol. The van der Waals surface area contributed by atoms with Crippen LogP contribution in [0.2, 0.25) is 5.02 Å². The molecule has 0 bridgehead atoms. The van der Waals surface area contributed by atoms with Crippen LogP contribution in [0.1, 0.15) is 41.4 Å². The predicted molar refractivity (Wildman–Crippen MR) is 130 cm³/mol. The summed E-state index contributed by atoms with van der Waals surface area (Å²) < 4.78 is 1.94. The SMILES string of the molecule is C[C@H](NC1C[C@@H](O)[C@@H](O)C1)C1(O)CN(C(=O)c2nn(C)c(=O)cc2Cc2ccc(Br)cc2Cl)C1. The maximum absolute atomic E-state index is 13.3. The second kappa shape index (κ2) is 9.67. The van der Waals surface area contributed by atoms with Crippen molar-refractivity contribution in [1.29, 1.82) is 0 Å². The van der Waals surface area contributed by atoms with E-state index in [0.717, 1.165) is 14.7 Å². The topological polar surface area (TPSA) is 128 Å². The van der Waals surface area contributed by atoms with Gasteiger partial charge in [0, 0.05) is 41.1 Å². The first-order valence-electron chi connectivity index (χ1n) is 11.1. The lowest BCUT2D eigenvalue weighted by molar-refractivity contribution is -0.102. The Balaban J connectivity index is 1.48. The molecule has 1 saturated heterocycles. The molecule has 1 amide bonds. The molecule has 9 nitrogen and oxygen atoms in total. The van der Waals surface area contributed by atoms with Crippen LogP contribution in [0.5, 0.6) is 0 Å². The Kier molecular flexibility index (Phi) is 7.19. The highest BCUT2D eigenvalue weighted by Crippen LogP contribution is 2.30. The van der Waals surface area contributed by atoms with Crippen LogP contribution in [0.4, 0.5) is 0 Å². The first-order chi connectivity index (χ1) is 16.0. The second-order valence-electron chi connectivity index (χ2n) is 9.35. The van der Waals surface area contributed by atoms with Crippen molar-refractivity contribution in [2.75, 3.05) is 13.1 Å². The molecule has 34 heavy (non-hydrogen) atoms. The Morgan fingerprint density at radius 1 is 1.26 bits per heavy atom. The highest BCUT2D eigenvalue weighted by molar-refractivity contribution is 9.10. The first kappa shape index (κ1) is 25.3. The fourth-order valence-electron chi connectivity index (χ4n) is 4.58. The molecular formula is C23H28BrClN4O5. The van der Waals surface area contributed by atoms with Gasteiger partial charge >= 0.3 is 0 Å². The molecule has 1 aromatic heterocycles. The molecule has 11 heteroatoms. The van der Waals surface area contributed by atoms with Gasteiger partial charge in [-0.15, -0.1) is 0 Å². The summed E-state index contributed by atoms with van der Waals surface area (Å²) in [6.07, 6.45) is -0.458. The molecule has 4 N–H and O–H groups in total. The number of halogens is 2. The van der Waals surface area contributed by atoms with Crippen molar-refractivity contribution in [3.63, 3.8) is 0 Å². The van der Waals surface area contributed by atoms with Gasteiger partial charge in [0.05, 0.1) is 25.3 Å². The first-order valence-corrected chi connectivity index (χ1v) is 12.3. The molecule has 2 aromatic rings. The van der Waals surface area contributed by atoms with Crippen LogP contribution in [-0.2, 0) is 13.5 Å². The summed E-state index contributed by atoms with van der Waals surface area (Å²) in [5.41, 5.74) is -0.116. The smallest absolute Gasteiger partial charge is 0.274 e. The largest absolute Gasteiger partial charge is 0.390 e. The molecule has 184 valence electrons. The minimum atomic E-state index is -1.15. The summed E-state index contributed by atoms with van der Waals surface area (Å²) in [5.74, 6) is -0.373. The molecule has 2 aliphatic rings. The van der Waals surface area contributed by atoms with Crippen LogP contribution in [0.25, 0.3) is 0 Å². The van der Waals surface area contributed by atoms with Gasteiger partial charge < -0.3 is 25.5 Å². The van der Waals surface area contributed by atoms with E-state index in [9.17, 15) is 24.9 Å². The van der Waals surface area contributed by atoms with E-state index in [4.69, 9.17) is 11.6 Å². The molecule has 1 aliphatic carbocycles. The number of carbonyl (C=O) groups is 1. The number of aromatic nitrogens is 2. The molecule has 4 rings (SSSR count). The number of aliphatic hydroxyl groups excluding tert-OH is 2. The summed E-state index contributed by atoms with van der Waals surface area (Å²) in [7, 11) is 1.48. The highest BCUT2D eigenvalue weighted by atomic mass is 79.9. The molecule has 1 aliphatic heterocycles. The van der Waals surface area contributed by atoms with Gasteiger partial charge in [0.2, 0.25) is 0 Å². The number of β-amino-alcohol motifs (C(OH)–C–C–N with tert-alkyl or cyclic N) is 1. The van der Waals surface area contributed by atoms with Crippen LogP contribution in [-0.4, -0.2) is 78.9 Å². The van der Waals surface area contributed by atoms with Crippen molar-refractivity contribution in [3.8, 4) is 0 Å². The van der Waals surface area contributed by atoms with E-state index in [1.165, 1.54) is 18.0 Å². The third kappa shape index (κ3) is 5.07. The van der Waals surface area contributed by atoms with Gasteiger partial charge in [-0.1, -0.05) is 33.6 Å². The van der Waals surface area contributed by atoms with E-state index in [0.29, 0.717) is 23.4 Å². The third-order valence-corrected chi connectivity index (χ3v) is 7.62. The van der Waals surface area contributed by atoms with E-state index >= 15 is 0 Å². The normalized spacial score (nSPS) is 24.7. The minimum Gasteiger partial charge on any atom is -0.390 e. The van der Waals surface area contributed by atoms with Crippen LogP contribution in [0.15, 0.2) is 33.5 Å². The molecular weight excluding hydrogens is 528 g/mol. The van der Waals surface area contributed by atoms with Gasteiger partial charge in [0.1, 0.15) is 5.60 Å². The Bertz CT molecular complexity index is 1140. The zero-order valence-corrected chi connectivity index (χ0v) is 21.3. The molecule has 2 heterocycles. The predicted octanol–water partition coefficient (Wildman–Crippen LogP) is 0.836. The lowest BCUT2D eigenvalue weighted by Gasteiger charge is -2.50. The van der Waals surface area contributed by atoms with Crippen LogP contribution < -0.4 is 10.9 Å². The lowest BCUT2D eigenvalue weighted by Crippen LogP contribution is -2.71. The minimum absolute atomic E-state index is 0.0980. The van der Waals surface area contributed by atoms with Crippen LogP contribution in [0.3, 0.4) is 0 Å². The number of hydrogen-bond acceptors (Lipinski definition) is 7. The summed E-state index contributed by atoms with van der Waals surface area (Å²) in [5, 5.41) is 38.5. The van der Waals surface area contributed by atoms with Gasteiger partial charge in [-0.05, 0) is 43.0 Å². The van der Waals surface area contributed by atoms with Crippen molar-refractivity contribution in [1.82, 2.24) is 20.0 Å². The van der Waals surface area contributed by atoms with Gasteiger partial charge in [0.25, 0.3) is 11.5 Å². The van der Waals surface area contributed by atoms with E-state index in [1.807, 2.05) is 19.1 Å². The number of amides is 1. The number of rotatable bonds is 6. The van der Waals surface area contributed by atoms with Crippen molar-refractivity contribution in [2.45, 2.75) is 56.1 Å². The van der Waals surface area contributed by atoms with Gasteiger partial charge in [0.15, 0.2) is 5.69 Å². The van der Waals surface area contributed by atoms with Crippen molar-refractivity contribution in [3.05, 3.63) is 60.9 Å². The summed E-state index contributed by atoms with van der Waals surface area (Å²) >= 11 is 9.71. The molecule has 1 aromatic carbocycles. The molecule has 1 saturated carbocycles. The van der Waals surface area contributed by atoms with Crippen LogP contribution in [0, 0.1) is 0 Å². The second-order valence-corrected chi connectivity index (χ2v) is 10.7. The van der Waals surface area contributed by atoms with E-state index in [1.54, 1.807) is 6.07 Å². The summed E-state index contributed by atoms with van der Waals surface area (Å²) in [6.45, 7) is 2.02. The van der Waals surface area contributed by atoms with Crippen molar-refractivity contribution >= 4 is 33.4 Å². The molecule has 0 spiro atoms. The number of aliphatic hydroxyl groups is 3. The standard InChI is InChI=1S/C23H28BrClN4O5/c1-12(26-16-8-18(30)19(31)9-16)23(34)10-29(11-23)22(33)21-14(6-20(32)28(2)27-21)5-13-3-4-15(24)7-17(13)25/h3-4,6-7,12,16,18-19,26,30-31,34H,5,8-11H2,1-2H3/t12-,16?,18-,19+/m0/s1. The molecule has 4 atom stereocenters. The Labute approximate surface area is 210 Å². The summed E-state index contributed by atoms with van der Waals surface area (Å²) in [6, 6.07) is 6.34. The lowest BCUT2D eigenvalue weighted by atomic mass is 9.85. The molecule has 2 fully saturated rings. The number of aryl methyl sites for hydroxylation is 1. The Morgan fingerprint density at radius 2 is 1.91 bits per heavy atom. The summed E-state index contributed by atoms with van der Waals surface area (Å²) in [4.78, 5) is 27.0. The Hall–Kier alpha value is -1.82. The zero-order valence-electron chi connectivity index (χ0n) is 18.9. The Morgan fingerprint density at radius 3 is 2.53 bits per heavy atom. The maximum Gasteiger partial charge on any atom is 0.274 e. The maximum atomic E-state index is 13.3. The number of nitrogens with one attached hydrogen (secondary N) is 1. The van der Waals surface area contributed by atoms with Crippen molar-refractivity contribution in [2.24, 2.45) is 7.05 Å². The fraction of sp³-hybridized carbons (Fsp3) is 0.522. The van der Waals surface area contributed by atoms with E-state index < -0.39 is 17.8 Å². The fourth-order valence-corrected chi connectivity index (χ4v) is 5.32.